The molecule has 1 aliphatic heterocycles. The van der Waals surface area contributed by atoms with Gasteiger partial charge in [-0.3, -0.25) is 4.79 Å². The highest BCUT2D eigenvalue weighted by Crippen LogP contribution is 2.40. The van der Waals surface area contributed by atoms with E-state index in [0.29, 0.717) is 19.4 Å². The molecule has 1 saturated heterocycles. The van der Waals surface area contributed by atoms with Crippen molar-refractivity contribution >= 4 is 31.5 Å². The number of likely N-dealkylation sites (N-methyl/N-ethyl adjacent to an activating group) is 1. The predicted octanol–water partition coefficient (Wildman–Crippen LogP) is 3.27. The lowest BCUT2D eigenvalue weighted by atomic mass is 9.94. The zero-order valence-corrected chi connectivity index (χ0v) is 15.2. The molecular formula is C14H27NO3SSi. The van der Waals surface area contributed by atoms with Crippen molar-refractivity contribution in [2.75, 3.05) is 6.54 Å². The van der Waals surface area contributed by atoms with Crippen molar-refractivity contribution < 1.29 is 14.3 Å². The van der Waals surface area contributed by atoms with Crippen LogP contribution in [0.5, 0.6) is 0 Å². The standard InChI is InChI=1S/C14H27NO3SSi/c1-7-15-10(8-9-11(16)19)12(13(15)17)18-20(5,6)14(2,3)4/h10,12H,7-9H2,1-6H3,(H,16,19)/t10-,12?/m1/s1. The fraction of sp³-hybridized carbons (Fsp3) is 0.857. The Labute approximate surface area is 128 Å². The summed E-state index contributed by atoms with van der Waals surface area (Å²) < 4.78 is 6.25. The average Bonchev–Trinajstić information content (AvgIpc) is 2.29. The fourth-order valence-electron chi connectivity index (χ4n) is 2.16. The Kier molecular flexibility index (Phi) is 5.38. The van der Waals surface area contributed by atoms with E-state index in [4.69, 9.17) is 16.6 Å². The Morgan fingerprint density at radius 2 is 2.00 bits per heavy atom. The smallest absolute Gasteiger partial charge is 0.252 e. The van der Waals surface area contributed by atoms with Gasteiger partial charge in [-0.1, -0.05) is 20.8 Å². The highest BCUT2D eigenvalue weighted by atomic mass is 32.1. The summed E-state index contributed by atoms with van der Waals surface area (Å²) in [6.07, 6.45) is 0.764. The van der Waals surface area contributed by atoms with Crippen molar-refractivity contribution in [3.63, 3.8) is 0 Å². The maximum Gasteiger partial charge on any atom is 0.252 e. The number of nitrogens with zero attached hydrogens (tertiary/aromatic N) is 1. The second kappa shape index (κ2) is 6.11. The molecule has 0 aliphatic carbocycles. The van der Waals surface area contributed by atoms with Crippen LogP contribution in [-0.4, -0.2) is 48.0 Å². The van der Waals surface area contributed by atoms with E-state index in [9.17, 15) is 9.90 Å². The van der Waals surface area contributed by atoms with Gasteiger partial charge in [-0.05, 0) is 43.7 Å². The molecule has 0 radical (unpaired) electrons. The Hall–Kier alpha value is -0.463. The molecule has 1 heterocycles. The van der Waals surface area contributed by atoms with Crippen molar-refractivity contribution in [2.45, 2.75) is 70.8 Å². The van der Waals surface area contributed by atoms with Crippen molar-refractivity contribution in [1.82, 2.24) is 4.90 Å². The molecule has 1 unspecified atom stereocenters. The third-order valence-electron chi connectivity index (χ3n) is 4.50. The highest BCUT2D eigenvalue weighted by Gasteiger charge is 2.51. The second-order valence-electron chi connectivity index (χ2n) is 6.92. The molecule has 0 aromatic rings. The van der Waals surface area contributed by atoms with Crippen molar-refractivity contribution in [1.29, 1.82) is 0 Å². The van der Waals surface area contributed by atoms with Gasteiger partial charge in [0.15, 0.2) is 13.4 Å². The highest BCUT2D eigenvalue weighted by molar-refractivity contribution is 7.80. The topological polar surface area (TPSA) is 49.8 Å². The van der Waals surface area contributed by atoms with Gasteiger partial charge in [0.05, 0.1) is 6.04 Å². The molecule has 2 atom stereocenters. The molecule has 4 nitrogen and oxygen atoms in total. The summed E-state index contributed by atoms with van der Waals surface area (Å²) in [6.45, 7) is 13.4. The van der Waals surface area contributed by atoms with Gasteiger partial charge >= 0.3 is 0 Å². The first-order chi connectivity index (χ1) is 9.01. The molecule has 116 valence electrons. The van der Waals surface area contributed by atoms with E-state index in [1.54, 1.807) is 0 Å². The van der Waals surface area contributed by atoms with Crippen LogP contribution in [0.15, 0.2) is 0 Å². The first kappa shape index (κ1) is 17.6. The van der Waals surface area contributed by atoms with Crippen LogP contribution < -0.4 is 0 Å². The summed E-state index contributed by atoms with van der Waals surface area (Å²) in [5.41, 5.74) is 0. The quantitative estimate of drug-likeness (QED) is 0.464. The third-order valence-corrected chi connectivity index (χ3v) is 9.16. The average molecular weight is 318 g/mol. The number of hydrogen-bond donors (Lipinski definition) is 1. The molecule has 1 rings (SSSR count). The first-order valence-corrected chi connectivity index (χ1v) is 10.5. The Morgan fingerprint density at radius 3 is 2.40 bits per heavy atom. The molecule has 0 aromatic carbocycles. The minimum absolute atomic E-state index is 0.00600. The van der Waals surface area contributed by atoms with Gasteiger partial charge in [-0.2, -0.15) is 0 Å². The van der Waals surface area contributed by atoms with Crippen LogP contribution in [0.25, 0.3) is 0 Å². The molecule has 1 N–H and O–H groups in total. The number of carbonyl (C=O) groups is 1. The van der Waals surface area contributed by atoms with E-state index in [1.165, 1.54) is 0 Å². The number of rotatable bonds is 6. The van der Waals surface area contributed by atoms with E-state index in [1.807, 2.05) is 11.8 Å². The number of likely N-dealkylation sites (tertiary alicyclic amines) is 1. The molecule has 20 heavy (non-hydrogen) atoms. The molecule has 1 aliphatic rings. The summed E-state index contributed by atoms with van der Waals surface area (Å²) in [6, 6.07) is 0.0479. The van der Waals surface area contributed by atoms with Gasteiger partial charge < -0.3 is 14.4 Å². The van der Waals surface area contributed by atoms with Crippen molar-refractivity contribution in [3.05, 3.63) is 0 Å². The van der Waals surface area contributed by atoms with Crippen molar-refractivity contribution in [3.8, 4) is 0 Å². The molecule has 1 amide bonds. The van der Waals surface area contributed by atoms with Crippen LogP contribution in [0.3, 0.4) is 0 Å². The molecule has 0 bridgehead atoms. The monoisotopic (exact) mass is 317 g/mol. The lowest BCUT2D eigenvalue weighted by molar-refractivity contribution is -0.164. The van der Waals surface area contributed by atoms with E-state index in [0.717, 1.165) is 0 Å². The lowest BCUT2D eigenvalue weighted by Crippen LogP contribution is -2.68. The second-order valence-corrected chi connectivity index (χ2v) is 12.2. The molecule has 6 heteroatoms. The number of thiocarbonyl (C=S) groups is 1. The predicted molar refractivity (Wildman–Crippen MR) is 87.7 cm³/mol. The van der Waals surface area contributed by atoms with Gasteiger partial charge in [-0.15, -0.1) is 0 Å². The Balaban J connectivity index is 2.77. The maximum absolute atomic E-state index is 12.2. The summed E-state index contributed by atoms with van der Waals surface area (Å²) in [7, 11) is -1.96. The molecule has 0 saturated carbocycles. The largest absolute Gasteiger partial charge is 0.502 e. The normalized spacial score (nSPS) is 23.7. The van der Waals surface area contributed by atoms with Crippen LogP contribution in [0.1, 0.15) is 40.5 Å². The van der Waals surface area contributed by atoms with Crippen LogP contribution in [0.2, 0.25) is 18.1 Å². The van der Waals surface area contributed by atoms with E-state index >= 15 is 0 Å². The molecular weight excluding hydrogens is 290 g/mol. The van der Waals surface area contributed by atoms with Gasteiger partial charge in [-0.25, -0.2) is 0 Å². The SMILES string of the molecule is CCN1C(=O)C(O[Si](C)(C)C(C)(C)C)[C@H]1CCC(O)=S. The minimum atomic E-state index is -1.96. The van der Waals surface area contributed by atoms with Gasteiger partial charge in [0, 0.05) is 13.0 Å². The lowest BCUT2D eigenvalue weighted by Gasteiger charge is -2.51. The van der Waals surface area contributed by atoms with Gasteiger partial charge in [0.2, 0.25) is 0 Å². The Bertz CT molecular complexity index is 392. The van der Waals surface area contributed by atoms with Crippen LogP contribution in [0, 0.1) is 0 Å². The maximum atomic E-state index is 12.2. The zero-order valence-electron chi connectivity index (χ0n) is 13.4. The number of carbonyl (C=O) groups excluding carboxylic acids is 1. The summed E-state index contributed by atoms with van der Waals surface area (Å²) in [5, 5.41) is 9.28. The Morgan fingerprint density at radius 1 is 1.45 bits per heavy atom. The summed E-state index contributed by atoms with van der Waals surface area (Å²) in [5.74, 6) is 0.0752. The minimum Gasteiger partial charge on any atom is -0.502 e. The summed E-state index contributed by atoms with van der Waals surface area (Å²) >= 11 is 4.72. The third kappa shape index (κ3) is 3.59. The van der Waals surface area contributed by atoms with E-state index < -0.39 is 8.32 Å². The molecule has 1 fully saturated rings. The first-order valence-electron chi connectivity index (χ1n) is 7.21. The van der Waals surface area contributed by atoms with E-state index in [2.05, 4.69) is 33.9 Å². The molecule has 0 spiro atoms. The number of amides is 1. The zero-order chi connectivity index (χ0) is 15.7. The van der Waals surface area contributed by atoms with Crippen LogP contribution in [0.4, 0.5) is 0 Å². The number of hydrogen-bond acceptors (Lipinski definition) is 3. The van der Waals surface area contributed by atoms with Crippen LogP contribution >= 0.6 is 12.2 Å². The summed E-state index contributed by atoms with van der Waals surface area (Å²) in [4.78, 5) is 14.0. The fourth-order valence-corrected chi connectivity index (χ4v) is 3.53. The number of β-lactam (4-membered cyclic amide) rings is 1. The van der Waals surface area contributed by atoms with Crippen molar-refractivity contribution in [2.24, 2.45) is 0 Å². The van der Waals surface area contributed by atoms with E-state index in [-0.39, 0.29) is 28.1 Å². The van der Waals surface area contributed by atoms with Gasteiger partial charge in [0.25, 0.3) is 5.91 Å². The molecule has 0 aromatic heterocycles. The van der Waals surface area contributed by atoms with Crippen LogP contribution in [-0.2, 0) is 9.22 Å². The number of aliphatic hydroxyl groups is 1. The van der Waals surface area contributed by atoms with Gasteiger partial charge in [0.1, 0.15) is 6.10 Å². The number of aliphatic hydroxyl groups excluding tert-OH is 1.